The van der Waals surface area contributed by atoms with E-state index in [9.17, 15) is 0 Å². The molecule has 0 radical (unpaired) electrons. The second-order valence-corrected chi connectivity index (χ2v) is 14.1. The summed E-state index contributed by atoms with van der Waals surface area (Å²) in [4.78, 5) is 4.82. The quantitative estimate of drug-likeness (QED) is 0.388. The van der Waals surface area contributed by atoms with E-state index in [0.29, 0.717) is 11.5 Å². The van der Waals surface area contributed by atoms with E-state index in [1.165, 1.54) is 19.4 Å². The first-order valence-electron chi connectivity index (χ1n) is 12.0. The molecule has 3 unspecified atom stereocenters. The van der Waals surface area contributed by atoms with Gasteiger partial charge in [0.05, 0.1) is 0 Å². The van der Waals surface area contributed by atoms with Gasteiger partial charge < -0.3 is 9.80 Å². The summed E-state index contributed by atoms with van der Waals surface area (Å²) in [6, 6.07) is 34.5. The molecule has 0 aromatic heterocycles. The van der Waals surface area contributed by atoms with Gasteiger partial charge in [-0.1, -0.05) is 97.4 Å². The fourth-order valence-corrected chi connectivity index (χ4v) is 12.4. The lowest BCUT2D eigenvalue weighted by Gasteiger charge is -2.43. The van der Waals surface area contributed by atoms with E-state index >= 15 is 0 Å². The van der Waals surface area contributed by atoms with Gasteiger partial charge in [0, 0.05) is 13.1 Å². The third kappa shape index (κ3) is 4.47. The van der Waals surface area contributed by atoms with Crippen LogP contribution >= 0.6 is 0 Å². The molecule has 4 rings (SSSR count). The van der Waals surface area contributed by atoms with E-state index in [1.54, 1.807) is 15.6 Å². The molecule has 2 nitrogen and oxygen atoms in total. The van der Waals surface area contributed by atoms with Crippen molar-refractivity contribution in [2.24, 2.45) is 11.8 Å². The third-order valence-corrected chi connectivity index (χ3v) is 13.0. The molecule has 0 spiro atoms. The second-order valence-electron chi connectivity index (χ2n) is 10.0. The van der Waals surface area contributed by atoms with Crippen LogP contribution in [0.2, 0.25) is 5.54 Å². The molecule has 3 aromatic carbocycles. The van der Waals surface area contributed by atoms with E-state index in [0.717, 1.165) is 12.5 Å². The molecular weight excluding hydrogens is 404 g/mol. The minimum atomic E-state index is -2.26. The number of benzene rings is 3. The fourth-order valence-electron chi connectivity index (χ4n) is 6.33. The van der Waals surface area contributed by atoms with Crippen LogP contribution in [0.15, 0.2) is 91.0 Å². The maximum atomic E-state index is 2.42. The Hall–Kier alpha value is -2.20. The Balaban J connectivity index is 1.96. The lowest BCUT2D eigenvalue weighted by molar-refractivity contribution is 0.228. The third-order valence-electron chi connectivity index (χ3n) is 7.39. The summed E-state index contributed by atoms with van der Waals surface area (Å²) >= 11 is 0. The van der Waals surface area contributed by atoms with Crippen molar-refractivity contribution in [1.82, 2.24) is 9.80 Å². The van der Waals surface area contributed by atoms with Gasteiger partial charge in [0.25, 0.3) is 0 Å². The van der Waals surface area contributed by atoms with Gasteiger partial charge in [0.2, 0.25) is 0 Å². The highest BCUT2D eigenvalue weighted by Crippen LogP contribution is 2.47. The van der Waals surface area contributed by atoms with E-state index in [-0.39, 0.29) is 0 Å². The molecule has 0 N–H and O–H groups in total. The first-order chi connectivity index (χ1) is 15.5. The average Bonchev–Trinajstić information content (AvgIpc) is 3.18. The van der Waals surface area contributed by atoms with Crippen molar-refractivity contribution in [3.8, 4) is 0 Å². The summed E-state index contributed by atoms with van der Waals surface area (Å²) < 4.78 is 0. The largest absolute Gasteiger partial charge is 0.309 e. The summed E-state index contributed by atoms with van der Waals surface area (Å²) in [6.45, 7) is 2.34. The Morgan fingerprint density at radius 2 is 1.00 bits per heavy atom. The number of nitrogens with zero attached hydrogens (tertiary/aromatic N) is 2. The summed E-state index contributed by atoms with van der Waals surface area (Å²) in [6.07, 6.45) is 2.63. The Labute approximate surface area is 195 Å². The molecule has 0 aliphatic heterocycles. The predicted molar refractivity (Wildman–Crippen MR) is 141 cm³/mol. The molecule has 32 heavy (non-hydrogen) atoms. The van der Waals surface area contributed by atoms with Crippen molar-refractivity contribution in [2.75, 3.05) is 41.3 Å². The van der Waals surface area contributed by atoms with Crippen LogP contribution in [0.5, 0.6) is 0 Å². The molecule has 168 valence electrons. The van der Waals surface area contributed by atoms with Gasteiger partial charge in [-0.15, -0.1) is 0 Å². The van der Waals surface area contributed by atoms with Crippen molar-refractivity contribution in [3.63, 3.8) is 0 Å². The van der Waals surface area contributed by atoms with E-state index in [1.807, 2.05) is 0 Å². The maximum absolute atomic E-state index is 2.42. The van der Waals surface area contributed by atoms with E-state index in [2.05, 4.69) is 129 Å². The predicted octanol–water partition coefficient (Wildman–Crippen LogP) is 3.68. The molecule has 0 bridgehead atoms. The highest BCUT2D eigenvalue weighted by Gasteiger charge is 2.53. The maximum Gasteiger partial charge on any atom is 0.151 e. The first-order valence-corrected chi connectivity index (χ1v) is 14.1. The molecule has 3 heteroatoms. The highest BCUT2D eigenvalue weighted by molar-refractivity contribution is 7.12. The standard InChI is InChI=1S/C29H38N2Si/c1-30(2)22-24-20-21-29(28(24)23-31(3)4)32(25-14-8-5-9-15-25,26-16-10-6-11-17-26)27-18-12-7-13-19-27/h5-19,24,28-29H,20-23H2,1-4H3. The number of rotatable bonds is 8. The minimum Gasteiger partial charge on any atom is -0.309 e. The normalized spacial score (nSPS) is 21.4. The Morgan fingerprint density at radius 3 is 1.38 bits per heavy atom. The lowest BCUT2D eigenvalue weighted by atomic mass is 9.95. The Morgan fingerprint density at radius 1 is 0.594 bits per heavy atom. The van der Waals surface area contributed by atoms with Gasteiger partial charge in [-0.3, -0.25) is 0 Å². The second kappa shape index (κ2) is 10.2. The highest BCUT2D eigenvalue weighted by atomic mass is 28.3. The van der Waals surface area contributed by atoms with Crippen molar-refractivity contribution in [1.29, 1.82) is 0 Å². The van der Waals surface area contributed by atoms with Crippen LogP contribution in [0.3, 0.4) is 0 Å². The number of hydrogen-bond acceptors (Lipinski definition) is 2. The van der Waals surface area contributed by atoms with Crippen LogP contribution in [0.4, 0.5) is 0 Å². The van der Waals surface area contributed by atoms with Gasteiger partial charge in [-0.25, -0.2) is 0 Å². The van der Waals surface area contributed by atoms with Crippen LogP contribution < -0.4 is 15.6 Å². The average molecular weight is 443 g/mol. The summed E-state index contributed by atoms with van der Waals surface area (Å²) in [5.74, 6) is 1.42. The van der Waals surface area contributed by atoms with Gasteiger partial charge >= 0.3 is 0 Å². The van der Waals surface area contributed by atoms with Crippen molar-refractivity contribution in [2.45, 2.75) is 18.4 Å². The number of hydrogen-bond donors (Lipinski definition) is 0. The van der Waals surface area contributed by atoms with Gasteiger partial charge in [0.15, 0.2) is 8.07 Å². The molecular formula is C29H38N2Si. The zero-order valence-electron chi connectivity index (χ0n) is 20.1. The van der Waals surface area contributed by atoms with Crippen molar-refractivity contribution >= 4 is 23.6 Å². The molecule has 1 aliphatic carbocycles. The molecule has 3 aromatic rings. The van der Waals surface area contributed by atoms with Crippen molar-refractivity contribution in [3.05, 3.63) is 91.0 Å². The zero-order valence-corrected chi connectivity index (χ0v) is 21.1. The summed E-state index contributed by atoms with van der Waals surface area (Å²) in [7, 11) is 6.70. The lowest BCUT2D eigenvalue weighted by Crippen LogP contribution is -2.71. The molecule has 3 atom stereocenters. The summed E-state index contributed by atoms with van der Waals surface area (Å²) in [5, 5.41) is 4.66. The smallest absolute Gasteiger partial charge is 0.151 e. The Bertz CT molecular complexity index is 860. The van der Waals surface area contributed by atoms with Crippen LogP contribution in [-0.4, -0.2) is 59.2 Å². The van der Waals surface area contributed by atoms with Crippen molar-refractivity contribution < 1.29 is 0 Å². The summed E-state index contributed by atoms with van der Waals surface area (Å²) in [5.41, 5.74) is 0.669. The SMILES string of the molecule is CN(C)CC1CCC([Si](c2ccccc2)(c2ccccc2)c2ccccc2)C1CN(C)C. The van der Waals surface area contributed by atoms with Crippen LogP contribution in [0.25, 0.3) is 0 Å². The molecule has 0 saturated heterocycles. The first kappa shape index (κ1) is 23.0. The molecule has 0 amide bonds. The zero-order chi connectivity index (χ0) is 22.6. The molecule has 1 saturated carbocycles. The molecule has 1 fully saturated rings. The minimum absolute atomic E-state index is 0.669. The van der Waals surface area contributed by atoms with Gasteiger partial charge in [-0.2, -0.15) is 0 Å². The van der Waals surface area contributed by atoms with Crippen LogP contribution in [-0.2, 0) is 0 Å². The van der Waals surface area contributed by atoms with Gasteiger partial charge in [0.1, 0.15) is 0 Å². The van der Waals surface area contributed by atoms with Crippen LogP contribution in [0, 0.1) is 11.8 Å². The molecule has 0 heterocycles. The topological polar surface area (TPSA) is 6.48 Å². The monoisotopic (exact) mass is 442 g/mol. The van der Waals surface area contributed by atoms with E-state index in [4.69, 9.17) is 0 Å². The van der Waals surface area contributed by atoms with Gasteiger partial charge in [-0.05, 0) is 67.5 Å². The van der Waals surface area contributed by atoms with Crippen LogP contribution in [0.1, 0.15) is 12.8 Å². The Kier molecular flexibility index (Phi) is 7.29. The molecule has 1 aliphatic rings. The van der Waals surface area contributed by atoms with E-state index < -0.39 is 8.07 Å². The fraction of sp³-hybridized carbons (Fsp3) is 0.379.